The molecule has 1 aliphatic heterocycles. The first kappa shape index (κ1) is 24.2. The number of nitrogens with zero attached hydrogens (tertiary/aromatic N) is 1. The molecule has 5 nitrogen and oxygen atoms in total. The average molecular weight is 471 g/mol. The quantitative estimate of drug-likeness (QED) is 0.531. The van der Waals surface area contributed by atoms with Gasteiger partial charge in [0.15, 0.2) is 0 Å². The molecule has 1 unspecified atom stereocenters. The molecule has 0 aliphatic carbocycles. The molecule has 2 aromatic rings. The molecule has 0 saturated carbocycles. The summed E-state index contributed by atoms with van der Waals surface area (Å²) in [6.45, 7) is 2.98. The van der Waals surface area contributed by atoms with Crippen LogP contribution >= 0.6 is 11.6 Å². The van der Waals surface area contributed by atoms with E-state index in [1.807, 2.05) is 31.2 Å². The van der Waals surface area contributed by atoms with Gasteiger partial charge >= 0.3 is 12.3 Å². The maximum absolute atomic E-state index is 13.6. The van der Waals surface area contributed by atoms with Crippen LogP contribution in [-0.4, -0.2) is 49.5 Å². The number of nitrogens with one attached hydrogen (secondary N) is 1. The Morgan fingerprint density at radius 3 is 2.69 bits per heavy atom. The number of rotatable bonds is 7. The van der Waals surface area contributed by atoms with Crippen molar-refractivity contribution in [2.45, 2.75) is 38.0 Å². The highest BCUT2D eigenvalue weighted by Gasteiger charge is 2.44. The molecule has 0 radical (unpaired) electrons. The van der Waals surface area contributed by atoms with Crippen molar-refractivity contribution in [1.29, 1.82) is 0 Å². The summed E-state index contributed by atoms with van der Waals surface area (Å²) in [6.07, 6.45) is -6.44. The third-order valence-corrected chi connectivity index (χ3v) is 5.53. The van der Waals surface area contributed by atoms with Crippen LogP contribution in [0.25, 0.3) is 0 Å². The lowest BCUT2D eigenvalue weighted by molar-refractivity contribution is -0.207. The van der Waals surface area contributed by atoms with Gasteiger partial charge in [-0.15, -0.1) is 0 Å². The monoisotopic (exact) mass is 470 g/mol. The van der Waals surface area contributed by atoms with Crippen LogP contribution in [0.1, 0.15) is 31.2 Å². The molecule has 0 aromatic heterocycles. The minimum atomic E-state index is -4.68. The summed E-state index contributed by atoms with van der Waals surface area (Å²) in [5.74, 6) is 0.832. The van der Waals surface area contributed by atoms with Gasteiger partial charge in [-0.05, 0) is 74.2 Å². The van der Waals surface area contributed by atoms with E-state index in [9.17, 15) is 18.0 Å². The first-order valence-corrected chi connectivity index (χ1v) is 10.9. The Labute approximate surface area is 190 Å². The number of hydrogen-bond donors (Lipinski definition) is 1. The molecule has 2 atom stereocenters. The van der Waals surface area contributed by atoms with Gasteiger partial charge in [-0.3, -0.25) is 10.2 Å². The molecule has 3 rings (SSSR count). The van der Waals surface area contributed by atoms with E-state index in [0.29, 0.717) is 30.4 Å². The topological polar surface area (TPSA) is 50.8 Å². The number of carbonyl (C=O) groups excluding carboxylic acids is 1. The summed E-state index contributed by atoms with van der Waals surface area (Å²) in [7, 11) is 0. The van der Waals surface area contributed by atoms with E-state index in [0.717, 1.165) is 24.2 Å². The van der Waals surface area contributed by atoms with Crippen molar-refractivity contribution >= 4 is 23.4 Å². The van der Waals surface area contributed by atoms with Crippen LogP contribution in [-0.2, 0) is 4.74 Å². The fraction of sp³-hybridized carbons (Fsp3) is 0.435. The Kier molecular flexibility index (Phi) is 8.26. The highest BCUT2D eigenvalue weighted by atomic mass is 35.5. The fourth-order valence-electron chi connectivity index (χ4n) is 3.77. The fourth-order valence-corrected chi connectivity index (χ4v) is 3.90. The highest BCUT2D eigenvalue weighted by Crippen LogP contribution is 2.31. The number of carbonyl (C=O) groups is 1. The molecule has 1 N–H and O–H groups in total. The van der Waals surface area contributed by atoms with Crippen molar-refractivity contribution in [3.05, 3.63) is 59.1 Å². The molecule has 0 spiro atoms. The summed E-state index contributed by atoms with van der Waals surface area (Å²) in [5.41, 5.74) is 1.33. The molecule has 174 valence electrons. The second kappa shape index (κ2) is 10.9. The number of benzene rings is 2. The Hall–Kier alpha value is -2.45. The van der Waals surface area contributed by atoms with E-state index in [2.05, 4.69) is 5.32 Å². The summed E-state index contributed by atoms with van der Waals surface area (Å²) in [4.78, 5) is 13.8. The number of anilines is 1. The van der Waals surface area contributed by atoms with Crippen LogP contribution in [0.4, 0.5) is 23.7 Å². The van der Waals surface area contributed by atoms with Gasteiger partial charge in [0, 0.05) is 23.8 Å². The van der Waals surface area contributed by atoms with Crippen molar-refractivity contribution in [2.24, 2.45) is 0 Å². The van der Waals surface area contributed by atoms with Gasteiger partial charge in [0.1, 0.15) is 5.75 Å². The maximum Gasteiger partial charge on any atom is 0.426 e. The molecule has 0 bridgehead atoms. The predicted molar refractivity (Wildman–Crippen MR) is 117 cm³/mol. The number of piperidine rings is 1. The molecule has 1 aliphatic rings. The SMILES string of the molecule is CCOc1cccc(C2CCCN(C[C@H](OC(=O)Nc3ccc(Cl)cc3)C(F)(F)F)C2)c1. The third kappa shape index (κ3) is 7.03. The number of ether oxygens (including phenoxy) is 2. The van der Waals surface area contributed by atoms with Crippen LogP contribution < -0.4 is 10.1 Å². The summed E-state index contributed by atoms with van der Waals surface area (Å²) >= 11 is 5.78. The number of halogens is 4. The van der Waals surface area contributed by atoms with Crippen molar-refractivity contribution in [3.8, 4) is 5.75 Å². The van der Waals surface area contributed by atoms with Crippen LogP contribution in [0, 0.1) is 0 Å². The molecule has 1 amide bonds. The summed E-state index contributed by atoms with van der Waals surface area (Å²) in [6, 6.07) is 13.7. The molecular formula is C23H26ClF3N2O3. The second-order valence-corrected chi connectivity index (χ2v) is 8.11. The Balaban J connectivity index is 1.62. The number of alkyl halides is 3. The highest BCUT2D eigenvalue weighted by molar-refractivity contribution is 6.30. The van der Waals surface area contributed by atoms with Crippen LogP contribution in [0.3, 0.4) is 0 Å². The third-order valence-electron chi connectivity index (χ3n) is 5.28. The molecule has 1 fully saturated rings. The Morgan fingerprint density at radius 1 is 1.25 bits per heavy atom. The molecule has 1 heterocycles. The predicted octanol–water partition coefficient (Wildman–Crippen LogP) is 6.10. The minimum Gasteiger partial charge on any atom is -0.494 e. The van der Waals surface area contributed by atoms with Crippen LogP contribution in [0.5, 0.6) is 5.75 Å². The number of likely N-dealkylation sites (tertiary alicyclic amines) is 1. The van der Waals surface area contributed by atoms with Crippen molar-refractivity contribution in [1.82, 2.24) is 4.90 Å². The molecular weight excluding hydrogens is 445 g/mol. The lowest BCUT2D eigenvalue weighted by Gasteiger charge is -2.35. The van der Waals surface area contributed by atoms with Gasteiger partial charge in [-0.25, -0.2) is 4.79 Å². The molecule has 9 heteroatoms. The van der Waals surface area contributed by atoms with E-state index in [1.165, 1.54) is 24.3 Å². The standard InChI is InChI=1S/C23H26ClF3N2O3/c1-2-31-20-7-3-5-16(13-20)17-6-4-12-29(14-17)15-21(23(25,26)27)32-22(30)28-19-10-8-18(24)9-11-19/h3,5,7-11,13,17,21H,2,4,6,12,14-15H2,1H3,(H,28,30)/t17?,21-/m0/s1. The Morgan fingerprint density at radius 2 is 2.00 bits per heavy atom. The molecule has 32 heavy (non-hydrogen) atoms. The van der Waals surface area contributed by atoms with Gasteiger partial charge in [0.2, 0.25) is 6.10 Å². The Bertz CT molecular complexity index is 893. The lowest BCUT2D eigenvalue weighted by atomic mass is 9.90. The van der Waals surface area contributed by atoms with Crippen LogP contribution in [0.15, 0.2) is 48.5 Å². The molecule has 2 aromatic carbocycles. The van der Waals surface area contributed by atoms with Gasteiger partial charge in [0.25, 0.3) is 0 Å². The zero-order valence-electron chi connectivity index (χ0n) is 17.7. The smallest absolute Gasteiger partial charge is 0.426 e. The zero-order chi connectivity index (χ0) is 23.1. The number of amides is 1. The molecule has 1 saturated heterocycles. The van der Waals surface area contributed by atoms with E-state index in [1.54, 1.807) is 4.90 Å². The minimum absolute atomic E-state index is 0.0842. The normalized spacial score (nSPS) is 18.1. The van der Waals surface area contributed by atoms with E-state index in [-0.39, 0.29) is 5.92 Å². The van der Waals surface area contributed by atoms with Crippen LogP contribution in [0.2, 0.25) is 5.02 Å². The first-order valence-electron chi connectivity index (χ1n) is 10.5. The van der Waals surface area contributed by atoms with Gasteiger partial charge in [0.05, 0.1) is 6.61 Å². The summed E-state index contributed by atoms with van der Waals surface area (Å²) < 4.78 is 51.2. The van der Waals surface area contributed by atoms with E-state index >= 15 is 0 Å². The van der Waals surface area contributed by atoms with Gasteiger partial charge in [-0.2, -0.15) is 13.2 Å². The van der Waals surface area contributed by atoms with Gasteiger partial charge in [-0.1, -0.05) is 23.7 Å². The van der Waals surface area contributed by atoms with E-state index < -0.39 is 24.9 Å². The van der Waals surface area contributed by atoms with Crippen molar-refractivity contribution in [3.63, 3.8) is 0 Å². The first-order chi connectivity index (χ1) is 15.2. The van der Waals surface area contributed by atoms with Crippen molar-refractivity contribution in [2.75, 3.05) is 31.6 Å². The average Bonchev–Trinajstić information content (AvgIpc) is 2.75. The number of hydrogen-bond acceptors (Lipinski definition) is 4. The second-order valence-electron chi connectivity index (χ2n) is 7.67. The lowest BCUT2D eigenvalue weighted by Crippen LogP contribution is -2.47. The zero-order valence-corrected chi connectivity index (χ0v) is 18.5. The van der Waals surface area contributed by atoms with E-state index in [4.69, 9.17) is 21.1 Å². The summed E-state index contributed by atoms with van der Waals surface area (Å²) in [5, 5.41) is 2.76. The van der Waals surface area contributed by atoms with Crippen molar-refractivity contribution < 1.29 is 27.4 Å². The largest absolute Gasteiger partial charge is 0.494 e. The van der Waals surface area contributed by atoms with Gasteiger partial charge < -0.3 is 9.47 Å². The maximum atomic E-state index is 13.6.